The smallest absolute Gasteiger partial charge is 0.271 e. The second kappa shape index (κ2) is 7.43. The summed E-state index contributed by atoms with van der Waals surface area (Å²) in [4.78, 5) is 41.9. The average molecular weight is 384 g/mol. The number of thiophene rings is 1. The second-order valence-corrected chi connectivity index (χ2v) is 7.32. The first-order valence-electron chi connectivity index (χ1n) is 8.92. The summed E-state index contributed by atoms with van der Waals surface area (Å²) in [7, 11) is 0. The fraction of sp³-hybridized carbons (Fsp3) is 0.389. The van der Waals surface area contributed by atoms with E-state index in [1.54, 1.807) is 11.2 Å². The van der Waals surface area contributed by atoms with Gasteiger partial charge in [-0.1, -0.05) is 6.92 Å². The molecule has 3 aromatic heterocycles. The molecule has 0 unspecified atom stereocenters. The lowest BCUT2D eigenvalue weighted by Crippen LogP contribution is -2.50. The van der Waals surface area contributed by atoms with E-state index in [1.807, 2.05) is 17.5 Å². The zero-order chi connectivity index (χ0) is 18.8. The largest absolute Gasteiger partial charge is 0.353 e. The van der Waals surface area contributed by atoms with Crippen LogP contribution < -0.4 is 10.5 Å². The minimum atomic E-state index is -0.157. The second-order valence-electron chi connectivity index (χ2n) is 6.40. The molecule has 0 bridgehead atoms. The molecule has 0 saturated carbocycles. The van der Waals surface area contributed by atoms with E-state index in [1.165, 1.54) is 22.2 Å². The summed E-state index contributed by atoms with van der Waals surface area (Å²) in [6, 6.07) is 3.81. The predicted octanol–water partition coefficient (Wildman–Crippen LogP) is 1.16. The fourth-order valence-corrected chi connectivity index (χ4v) is 3.97. The van der Waals surface area contributed by atoms with Gasteiger partial charge in [0.1, 0.15) is 23.4 Å². The van der Waals surface area contributed by atoms with E-state index in [2.05, 4.69) is 26.8 Å². The lowest BCUT2D eigenvalue weighted by atomic mass is 10.2. The van der Waals surface area contributed by atoms with Gasteiger partial charge in [0.15, 0.2) is 0 Å². The normalized spacial score (nSPS) is 14.7. The standard InChI is InChI=1S/C18H20N6O2S/c1-2-13-9-15(20-11-19-13)22-4-6-23(7-5-22)16(25)10-24-12-21-14-3-8-27-17(14)18(24)26/h3,8-9,11-12H,2,4-7,10H2,1H3. The van der Waals surface area contributed by atoms with Crippen LogP contribution in [-0.4, -0.2) is 56.5 Å². The Hall–Kier alpha value is -2.81. The summed E-state index contributed by atoms with van der Waals surface area (Å²) in [5.41, 5.74) is 1.53. The quantitative estimate of drug-likeness (QED) is 0.671. The first-order valence-corrected chi connectivity index (χ1v) is 9.80. The van der Waals surface area contributed by atoms with Crippen LogP contribution in [0.15, 0.2) is 35.0 Å². The zero-order valence-corrected chi connectivity index (χ0v) is 15.9. The molecule has 0 N–H and O–H groups in total. The van der Waals surface area contributed by atoms with Crippen molar-refractivity contribution in [3.63, 3.8) is 0 Å². The number of carbonyl (C=O) groups is 1. The van der Waals surface area contributed by atoms with Gasteiger partial charge in [0.05, 0.1) is 11.8 Å². The summed E-state index contributed by atoms with van der Waals surface area (Å²) >= 11 is 1.35. The van der Waals surface area contributed by atoms with Crippen molar-refractivity contribution in [1.29, 1.82) is 0 Å². The molecule has 0 aliphatic carbocycles. The van der Waals surface area contributed by atoms with Crippen molar-refractivity contribution in [1.82, 2.24) is 24.4 Å². The number of aryl methyl sites for hydroxylation is 1. The summed E-state index contributed by atoms with van der Waals surface area (Å²) in [5, 5.41) is 1.83. The number of nitrogens with zero attached hydrogens (tertiary/aromatic N) is 6. The molecule has 4 heterocycles. The maximum Gasteiger partial charge on any atom is 0.271 e. The molecule has 0 spiro atoms. The van der Waals surface area contributed by atoms with Gasteiger partial charge >= 0.3 is 0 Å². The van der Waals surface area contributed by atoms with E-state index in [0.717, 1.165) is 17.9 Å². The minimum absolute atomic E-state index is 0.0210. The molecule has 0 radical (unpaired) electrons. The van der Waals surface area contributed by atoms with E-state index in [0.29, 0.717) is 36.4 Å². The van der Waals surface area contributed by atoms with Crippen LogP contribution in [0.25, 0.3) is 10.2 Å². The van der Waals surface area contributed by atoms with E-state index in [4.69, 9.17) is 0 Å². The number of hydrogen-bond donors (Lipinski definition) is 0. The van der Waals surface area contributed by atoms with E-state index in [9.17, 15) is 9.59 Å². The van der Waals surface area contributed by atoms with Crippen molar-refractivity contribution >= 4 is 33.3 Å². The summed E-state index contributed by atoms with van der Waals surface area (Å²) in [6.45, 7) is 4.72. The fourth-order valence-electron chi connectivity index (χ4n) is 3.17. The number of anilines is 1. The SMILES string of the molecule is CCc1cc(N2CCN(C(=O)Cn3cnc4ccsc4c3=O)CC2)ncn1. The number of piperazine rings is 1. The Balaban J connectivity index is 1.40. The number of fused-ring (bicyclic) bond motifs is 1. The number of aromatic nitrogens is 4. The van der Waals surface area contributed by atoms with Crippen LogP contribution in [0.1, 0.15) is 12.6 Å². The molecule has 140 valence electrons. The van der Waals surface area contributed by atoms with Crippen LogP contribution in [-0.2, 0) is 17.8 Å². The molecule has 0 atom stereocenters. The maximum atomic E-state index is 12.6. The molecule has 1 fully saturated rings. The maximum absolute atomic E-state index is 12.6. The minimum Gasteiger partial charge on any atom is -0.353 e. The number of carbonyl (C=O) groups excluding carboxylic acids is 1. The van der Waals surface area contributed by atoms with Crippen LogP contribution >= 0.6 is 11.3 Å². The third-order valence-corrected chi connectivity index (χ3v) is 5.66. The summed E-state index contributed by atoms with van der Waals surface area (Å²) in [6.07, 6.45) is 3.91. The molecular weight excluding hydrogens is 364 g/mol. The Morgan fingerprint density at radius 1 is 1.19 bits per heavy atom. The molecule has 1 aliphatic heterocycles. The first-order chi connectivity index (χ1) is 13.2. The van der Waals surface area contributed by atoms with Crippen LogP contribution in [0.2, 0.25) is 0 Å². The summed E-state index contributed by atoms with van der Waals surface area (Å²) < 4.78 is 1.98. The molecule has 1 aliphatic rings. The molecule has 3 aromatic rings. The van der Waals surface area contributed by atoms with Gasteiger partial charge in [0.25, 0.3) is 5.56 Å². The Kier molecular flexibility index (Phi) is 4.85. The Bertz CT molecular complexity index is 1020. The number of rotatable bonds is 4. The molecule has 1 saturated heterocycles. The lowest BCUT2D eigenvalue weighted by molar-refractivity contribution is -0.132. The van der Waals surface area contributed by atoms with Gasteiger partial charge in [-0.05, 0) is 17.9 Å². The van der Waals surface area contributed by atoms with Gasteiger partial charge in [0.2, 0.25) is 5.91 Å². The molecular formula is C18H20N6O2S. The molecule has 0 aromatic carbocycles. The monoisotopic (exact) mass is 384 g/mol. The van der Waals surface area contributed by atoms with Crippen molar-refractivity contribution < 1.29 is 4.79 Å². The van der Waals surface area contributed by atoms with Gasteiger partial charge < -0.3 is 9.80 Å². The van der Waals surface area contributed by atoms with E-state index >= 15 is 0 Å². The molecule has 27 heavy (non-hydrogen) atoms. The van der Waals surface area contributed by atoms with Crippen LogP contribution in [0, 0.1) is 0 Å². The Morgan fingerprint density at radius 3 is 2.78 bits per heavy atom. The molecule has 4 rings (SSSR count). The summed E-state index contributed by atoms with van der Waals surface area (Å²) in [5.74, 6) is 0.837. The van der Waals surface area contributed by atoms with E-state index in [-0.39, 0.29) is 18.0 Å². The molecule has 1 amide bonds. The van der Waals surface area contributed by atoms with Crippen molar-refractivity contribution in [2.75, 3.05) is 31.1 Å². The van der Waals surface area contributed by atoms with Crippen molar-refractivity contribution in [2.45, 2.75) is 19.9 Å². The third-order valence-electron chi connectivity index (χ3n) is 4.77. The van der Waals surface area contributed by atoms with Gasteiger partial charge in [-0.15, -0.1) is 11.3 Å². The highest BCUT2D eigenvalue weighted by Crippen LogP contribution is 2.15. The van der Waals surface area contributed by atoms with Crippen molar-refractivity contribution in [3.05, 3.63) is 46.2 Å². The van der Waals surface area contributed by atoms with Crippen LogP contribution in [0.5, 0.6) is 0 Å². The van der Waals surface area contributed by atoms with Gasteiger partial charge in [-0.25, -0.2) is 15.0 Å². The Labute approximate surface area is 160 Å². The van der Waals surface area contributed by atoms with Crippen LogP contribution in [0.3, 0.4) is 0 Å². The number of amides is 1. The molecule has 9 heteroatoms. The topological polar surface area (TPSA) is 84.2 Å². The van der Waals surface area contributed by atoms with E-state index < -0.39 is 0 Å². The first kappa shape index (κ1) is 17.6. The zero-order valence-electron chi connectivity index (χ0n) is 15.0. The highest BCUT2D eigenvalue weighted by Gasteiger charge is 2.22. The number of hydrogen-bond acceptors (Lipinski definition) is 7. The van der Waals surface area contributed by atoms with Crippen LogP contribution in [0.4, 0.5) is 5.82 Å². The third kappa shape index (κ3) is 3.55. The van der Waals surface area contributed by atoms with Gasteiger partial charge in [0, 0.05) is 37.9 Å². The Morgan fingerprint density at radius 2 is 2.00 bits per heavy atom. The molecule has 8 nitrogen and oxygen atoms in total. The van der Waals surface area contributed by atoms with Gasteiger partial charge in [-0.3, -0.25) is 14.2 Å². The average Bonchev–Trinajstić information content (AvgIpc) is 3.20. The van der Waals surface area contributed by atoms with Gasteiger partial charge in [-0.2, -0.15) is 0 Å². The highest BCUT2D eigenvalue weighted by molar-refractivity contribution is 7.17. The van der Waals surface area contributed by atoms with Crippen molar-refractivity contribution in [2.24, 2.45) is 0 Å². The lowest BCUT2D eigenvalue weighted by Gasteiger charge is -2.35. The van der Waals surface area contributed by atoms with Crippen molar-refractivity contribution in [3.8, 4) is 0 Å². The highest BCUT2D eigenvalue weighted by atomic mass is 32.1. The predicted molar refractivity (Wildman–Crippen MR) is 104 cm³/mol.